The summed E-state index contributed by atoms with van der Waals surface area (Å²) in [6, 6.07) is 9.93. The van der Waals surface area contributed by atoms with Crippen molar-refractivity contribution in [3.05, 3.63) is 63.7 Å². The van der Waals surface area contributed by atoms with Crippen LogP contribution in [0.25, 0.3) is 16.4 Å². The molecule has 1 fully saturated rings. The number of amides is 2. The SMILES string of the molecule is COC[C@H]([N-]C(=O)c1ccc(N2CCOCC2=O)c(C)c1)c1nc2ccc(Cl)cc2[nH]1.[Na+]. The zero-order chi connectivity index (χ0) is 22.0. The zero-order valence-corrected chi connectivity index (χ0v) is 21.0. The third-order valence-corrected chi connectivity index (χ3v) is 5.33. The second kappa shape index (κ2) is 10.8. The standard InChI is InChI=1S/C22H23ClN4O4.Na/c1-13-9-14(3-6-19(13)27-7-8-31-12-20(27)28)22(29)26-18(11-30-2)21-24-16-5-4-15(23)10-17(16)25-21;/h3-6,9-10,18H,7-8,11-12H2,1-2H3,(H2,24,25,26,29);/q;+1/p-1/t18-;/m0./s1. The van der Waals surface area contributed by atoms with E-state index in [9.17, 15) is 9.59 Å². The molecule has 2 aromatic carbocycles. The van der Waals surface area contributed by atoms with Crippen molar-refractivity contribution in [2.75, 3.05) is 38.4 Å². The van der Waals surface area contributed by atoms with Crippen LogP contribution in [0.2, 0.25) is 5.02 Å². The summed E-state index contributed by atoms with van der Waals surface area (Å²) in [4.78, 5) is 34.4. The van der Waals surface area contributed by atoms with Gasteiger partial charge in [0.05, 0.1) is 29.4 Å². The Hall–Kier alpha value is -1.94. The molecule has 0 unspecified atom stereocenters. The number of nitrogens with one attached hydrogen (secondary N) is 1. The fourth-order valence-electron chi connectivity index (χ4n) is 3.57. The fraction of sp³-hybridized carbons (Fsp3) is 0.318. The topological polar surface area (TPSA) is 98.6 Å². The number of methoxy groups -OCH3 is 1. The number of halogens is 1. The van der Waals surface area contributed by atoms with Gasteiger partial charge in [-0.15, -0.1) is 0 Å². The van der Waals surface area contributed by atoms with E-state index in [4.69, 9.17) is 21.1 Å². The van der Waals surface area contributed by atoms with E-state index in [1.807, 2.05) is 6.92 Å². The van der Waals surface area contributed by atoms with Crippen LogP contribution in [-0.4, -0.2) is 55.3 Å². The van der Waals surface area contributed by atoms with Crippen LogP contribution in [0.1, 0.15) is 27.8 Å². The maximum Gasteiger partial charge on any atom is 1.00 e. The monoisotopic (exact) mass is 464 g/mol. The number of fused-ring (bicyclic) bond motifs is 1. The van der Waals surface area contributed by atoms with E-state index in [0.29, 0.717) is 29.6 Å². The van der Waals surface area contributed by atoms with Crippen LogP contribution < -0.4 is 34.5 Å². The van der Waals surface area contributed by atoms with Gasteiger partial charge in [0.15, 0.2) is 0 Å². The molecule has 1 atom stereocenters. The number of aryl methyl sites for hydroxylation is 1. The predicted octanol–water partition coefficient (Wildman–Crippen LogP) is 0.794. The van der Waals surface area contributed by atoms with E-state index in [-0.39, 0.29) is 54.6 Å². The first-order valence-electron chi connectivity index (χ1n) is 9.84. The van der Waals surface area contributed by atoms with Crippen LogP contribution in [0.15, 0.2) is 36.4 Å². The number of anilines is 1. The van der Waals surface area contributed by atoms with Crippen LogP contribution in [-0.2, 0) is 14.3 Å². The molecule has 0 aliphatic carbocycles. The Morgan fingerprint density at radius 3 is 2.88 bits per heavy atom. The molecule has 1 aromatic heterocycles. The molecule has 2 amide bonds. The maximum absolute atomic E-state index is 12.9. The first-order valence-corrected chi connectivity index (χ1v) is 10.2. The van der Waals surface area contributed by atoms with Gasteiger partial charge < -0.3 is 29.5 Å². The summed E-state index contributed by atoms with van der Waals surface area (Å²) >= 11 is 6.04. The number of hydrogen-bond donors (Lipinski definition) is 1. The molecule has 32 heavy (non-hydrogen) atoms. The average Bonchev–Trinajstić information content (AvgIpc) is 3.17. The van der Waals surface area contributed by atoms with E-state index < -0.39 is 6.04 Å². The van der Waals surface area contributed by atoms with E-state index in [1.165, 1.54) is 0 Å². The Morgan fingerprint density at radius 1 is 1.34 bits per heavy atom. The molecular formula is C22H22ClN4NaO4. The number of morpholine rings is 1. The molecule has 4 rings (SSSR count). The van der Waals surface area contributed by atoms with Crippen LogP contribution in [0, 0.1) is 6.92 Å². The summed E-state index contributed by atoms with van der Waals surface area (Å²) in [7, 11) is 1.55. The predicted molar refractivity (Wildman–Crippen MR) is 118 cm³/mol. The Balaban J connectivity index is 0.00000289. The number of hydrogen-bond acceptors (Lipinski definition) is 5. The average molecular weight is 465 g/mol. The fourth-order valence-corrected chi connectivity index (χ4v) is 3.75. The molecule has 1 aliphatic heterocycles. The summed E-state index contributed by atoms with van der Waals surface area (Å²) < 4.78 is 10.4. The van der Waals surface area contributed by atoms with Crippen molar-refractivity contribution in [2.24, 2.45) is 0 Å². The van der Waals surface area contributed by atoms with Gasteiger partial charge in [-0.25, -0.2) is 4.98 Å². The molecule has 8 nitrogen and oxygen atoms in total. The summed E-state index contributed by atoms with van der Waals surface area (Å²) in [5, 5.41) is 4.92. The Kier molecular flexibility index (Phi) is 8.32. The molecule has 3 aromatic rings. The normalized spacial score (nSPS) is 14.8. The van der Waals surface area contributed by atoms with Gasteiger partial charge in [0.25, 0.3) is 5.91 Å². The number of ether oxygens (including phenoxy) is 2. The van der Waals surface area contributed by atoms with E-state index >= 15 is 0 Å². The number of aromatic amines is 1. The number of nitrogens with zero attached hydrogens (tertiary/aromatic N) is 3. The van der Waals surface area contributed by atoms with Gasteiger partial charge in [0.1, 0.15) is 6.61 Å². The van der Waals surface area contributed by atoms with Gasteiger partial charge in [-0.05, 0) is 54.4 Å². The number of imidazole rings is 1. The third-order valence-electron chi connectivity index (χ3n) is 5.10. The molecule has 0 bridgehead atoms. The van der Waals surface area contributed by atoms with E-state index in [2.05, 4.69) is 15.3 Å². The third kappa shape index (κ3) is 5.33. The molecule has 0 radical (unpaired) electrons. The number of aromatic nitrogens is 2. The van der Waals surface area contributed by atoms with Crippen molar-refractivity contribution in [1.82, 2.24) is 9.97 Å². The van der Waals surface area contributed by atoms with E-state index in [0.717, 1.165) is 22.3 Å². The first kappa shape index (κ1) is 24.7. The molecule has 0 spiro atoms. The van der Waals surface area contributed by atoms with Gasteiger partial charge in [0.2, 0.25) is 0 Å². The maximum atomic E-state index is 12.9. The number of carbonyl (C=O) groups is 2. The smallest absolute Gasteiger partial charge is 0.639 e. The summed E-state index contributed by atoms with van der Waals surface area (Å²) in [5.74, 6) is 0.0477. The van der Waals surface area contributed by atoms with Crippen molar-refractivity contribution in [2.45, 2.75) is 13.0 Å². The molecule has 1 N–H and O–H groups in total. The Labute approximate surface area is 212 Å². The van der Waals surface area contributed by atoms with Gasteiger partial charge >= 0.3 is 29.6 Å². The van der Waals surface area contributed by atoms with Gasteiger partial charge in [-0.1, -0.05) is 17.7 Å². The minimum atomic E-state index is -0.593. The first-order chi connectivity index (χ1) is 15.0. The van der Waals surface area contributed by atoms with Crippen LogP contribution in [0.5, 0.6) is 0 Å². The number of benzene rings is 2. The summed E-state index contributed by atoms with van der Waals surface area (Å²) in [5.41, 5.74) is 3.52. The second-order valence-electron chi connectivity index (χ2n) is 7.29. The van der Waals surface area contributed by atoms with Crippen molar-refractivity contribution >= 4 is 40.1 Å². The van der Waals surface area contributed by atoms with Crippen LogP contribution in [0.4, 0.5) is 5.69 Å². The zero-order valence-electron chi connectivity index (χ0n) is 18.2. The van der Waals surface area contributed by atoms with Crippen molar-refractivity contribution in [3.63, 3.8) is 0 Å². The molecule has 1 aliphatic rings. The quantitative estimate of drug-likeness (QED) is 0.544. The van der Waals surface area contributed by atoms with Crippen LogP contribution in [0.3, 0.4) is 0 Å². The minimum absolute atomic E-state index is 0. The molecule has 0 saturated carbocycles. The Morgan fingerprint density at radius 2 is 2.16 bits per heavy atom. The molecular weight excluding hydrogens is 443 g/mol. The molecule has 2 heterocycles. The summed E-state index contributed by atoms with van der Waals surface area (Å²) in [6.45, 7) is 3.10. The van der Waals surface area contributed by atoms with Gasteiger partial charge in [-0.3, -0.25) is 4.79 Å². The van der Waals surface area contributed by atoms with E-state index in [1.54, 1.807) is 48.4 Å². The van der Waals surface area contributed by atoms with Crippen molar-refractivity contribution < 1.29 is 48.6 Å². The second-order valence-corrected chi connectivity index (χ2v) is 7.72. The van der Waals surface area contributed by atoms with Crippen molar-refractivity contribution in [1.29, 1.82) is 0 Å². The van der Waals surface area contributed by atoms with Gasteiger partial charge in [0, 0.05) is 31.0 Å². The Bertz CT molecular complexity index is 1140. The van der Waals surface area contributed by atoms with Crippen LogP contribution >= 0.6 is 11.6 Å². The number of H-pyrrole nitrogens is 1. The van der Waals surface area contributed by atoms with Crippen molar-refractivity contribution in [3.8, 4) is 0 Å². The molecule has 162 valence electrons. The molecule has 10 heteroatoms. The summed E-state index contributed by atoms with van der Waals surface area (Å²) in [6.07, 6.45) is 0. The largest absolute Gasteiger partial charge is 1.00 e. The van der Waals surface area contributed by atoms with Gasteiger partial charge in [-0.2, -0.15) is 0 Å². The molecule has 1 saturated heterocycles. The minimum Gasteiger partial charge on any atom is -0.639 e. The number of carbonyl (C=O) groups excluding carboxylic acids is 2. The number of rotatable bonds is 6.